The molecule has 0 saturated carbocycles. The molecular formula is C14H16BrFN4. The van der Waals surface area contributed by atoms with Crippen molar-refractivity contribution in [3.63, 3.8) is 0 Å². The Bertz CT molecular complexity index is 616. The highest BCUT2D eigenvalue weighted by Crippen LogP contribution is 2.24. The zero-order valence-electron chi connectivity index (χ0n) is 11.5. The molecule has 0 unspecified atom stereocenters. The standard InChI is InChI=1S/C14H16BrFN4/c1-8(2)14-19-12(17-3)7-13(20-14)18-11-5-4-9(15)6-10(11)16/h4-8H,1-3H3,(H2,17,18,19,20). The van der Waals surface area contributed by atoms with Gasteiger partial charge >= 0.3 is 0 Å². The molecule has 106 valence electrons. The van der Waals surface area contributed by atoms with Crippen LogP contribution in [0.15, 0.2) is 28.7 Å². The topological polar surface area (TPSA) is 49.8 Å². The number of hydrogen-bond acceptors (Lipinski definition) is 4. The van der Waals surface area contributed by atoms with Crippen LogP contribution in [0.4, 0.5) is 21.7 Å². The van der Waals surface area contributed by atoms with E-state index in [2.05, 4.69) is 36.5 Å². The number of aromatic nitrogens is 2. The van der Waals surface area contributed by atoms with Crippen LogP contribution in [0.3, 0.4) is 0 Å². The zero-order chi connectivity index (χ0) is 14.7. The normalized spacial score (nSPS) is 10.7. The molecule has 0 saturated heterocycles. The van der Waals surface area contributed by atoms with Crippen molar-refractivity contribution in [2.45, 2.75) is 19.8 Å². The fraction of sp³-hybridized carbons (Fsp3) is 0.286. The summed E-state index contributed by atoms with van der Waals surface area (Å²) in [6, 6.07) is 6.59. The molecule has 2 N–H and O–H groups in total. The summed E-state index contributed by atoms with van der Waals surface area (Å²) in [7, 11) is 1.79. The van der Waals surface area contributed by atoms with Gasteiger partial charge in [-0.15, -0.1) is 0 Å². The SMILES string of the molecule is CNc1cc(Nc2ccc(Br)cc2F)nc(C(C)C)n1. The smallest absolute Gasteiger partial charge is 0.147 e. The predicted octanol–water partition coefficient (Wildman–Crippen LogP) is 4.29. The van der Waals surface area contributed by atoms with Crippen molar-refractivity contribution in [2.75, 3.05) is 17.7 Å². The number of rotatable bonds is 4. The monoisotopic (exact) mass is 338 g/mol. The molecule has 0 bridgehead atoms. The van der Waals surface area contributed by atoms with Crippen LogP contribution in [0.25, 0.3) is 0 Å². The van der Waals surface area contributed by atoms with Crippen molar-refractivity contribution < 1.29 is 4.39 Å². The number of hydrogen-bond donors (Lipinski definition) is 2. The Kier molecular flexibility index (Phi) is 4.54. The van der Waals surface area contributed by atoms with Crippen LogP contribution in [0.5, 0.6) is 0 Å². The molecule has 1 aromatic carbocycles. The lowest BCUT2D eigenvalue weighted by atomic mass is 10.2. The summed E-state index contributed by atoms with van der Waals surface area (Å²) >= 11 is 3.23. The molecule has 0 aliphatic carbocycles. The Hall–Kier alpha value is -1.69. The van der Waals surface area contributed by atoms with Crippen molar-refractivity contribution in [1.82, 2.24) is 9.97 Å². The van der Waals surface area contributed by atoms with E-state index in [9.17, 15) is 4.39 Å². The Morgan fingerprint density at radius 1 is 1.15 bits per heavy atom. The fourth-order valence-electron chi connectivity index (χ4n) is 1.65. The van der Waals surface area contributed by atoms with Crippen LogP contribution in [0, 0.1) is 5.82 Å². The molecule has 1 aromatic heterocycles. The first-order valence-electron chi connectivity index (χ1n) is 6.28. The van der Waals surface area contributed by atoms with E-state index in [1.165, 1.54) is 6.07 Å². The van der Waals surface area contributed by atoms with Gasteiger partial charge in [-0.3, -0.25) is 0 Å². The molecule has 4 nitrogen and oxygen atoms in total. The minimum absolute atomic E-state index is 0.193. The molecule has 1 heterocycles. The Morgan fingerprint density at radius 3 is 2.45 bits per heavy atom. The maximum Gasteiger partial charge on any atom is 0.147 e. The number of nitrogens with zero attached hydrogens (tertiary/aromatic N) is 2. The maximum atomic E-state index is 13.8. The van der Waals surface area contributed by atoms with E-state index in [1.807, 2.05) is 13.8 Å². The number of halogens is 2. The Labute approximate surface area is 126 Å². The van der Waals surface area contributed by atoms with Crippen LogP contribution in [0.1, 0.15) is 25.6 Å². The molecule has 0 amide bonds. The van der Waals surface area contributed by atoms with Crippen LogP contribution in [-0.4, -0.2) is 17.0 Å². The molecule has 6 heteroatoms. The van der Waals surface area contributed by atoms with Gasteiger partial charge in [0.25, 0.3) is 0 Å². The summed E-state index contributed by atoms with van der Waals surface area (Å²) < 4.78 is 14.5. The third-order valence-electron chi connectivity index (χ3n) is 2.71. The second-order valence-electron chi connectivity index (χ2n) is 4.65. The van der Waals surface area contributed by atoms with Crippen molar-refractivity contribution in [3.05, 3.63) is 40.4 Å². The summed E-state index contributed by atoms with van der Waals surface area (Å²) in [4.78, 5) is 8.77. The van der Waals surface area contributed by atoms with Gasteiger partial charge in [0.1, 0.15) is 23.3 Å². The first-order valence-corrected chi connectivity index (χ1v) is 7.07. The summed E-state index contributed by atoms with van der Waals surface area (Å²) in [5.74, 6) is 1.82. The van der Waals surface area contributed by atoms with Crippen LogP contribution in [-0.2, 0) is 0 Å². The van der Waals surface area contributed by atoms with Crippen molar-refractivity contribution in [2.24, 2.45) is 0 Å². The minimum atomic E-state index is -0.338. The average molecular weight is 339 g/mol. The average Bonchev–Trinajstić information content (AvgIpc) is 2.41. The molecule has 0 fully saturated rings. The minimum Gasteiger partial charge on any atom is -0.373 e. The molecule has 0 aliphatic rings. The van der Waals surface area contributed by atoms with Gasteiger partial charge in [-0.25, -0.2) is 14.4 Å². The second kappa shape index (κ2) is 6.17. The summed E-state index contributed by atoms with van der Waals surface area (Å²) in [6.07, 6.45) is 0. The van der Waals surface area contributed by atoms with E-state index in [0.717, 1.165) is 0 Å². The van der Waals surface area contributed by atoms with Crippen LogP contribution >= 0.6 is 15.9 Å². The van der Waals surface area contributed by atoms with Gasteiger partial charge in [0.15, 0.2) is 0 Å². The third-order valence-corrected chi connectivity index (χ3v) is 3.20. The number of anilines is 3. The van der Waals surface area contributed by atoms with Gasteiger partial charge < -0.3 is 10.6 Å². The lowest BCUT2D eigenvalue weighted by Crippen LogP contribution is -2.05. The molecule has 0 spiro atoms. The van der Waals surface area contributed by atoms with E-state index in [4.69, 9.17) is 0 Å². The van der Waals surface area contributed by atoms with Crippen LogP contribution < -0.4 is 10.6 Å². The predicted molar refractivity (Wildman–Crippen MR) is 83.1 cm³/mol. The maximum absolute atomic E-state index is 13.8. The zero-order valence-corrected chi connectivity index (χ0v) is 13.1. The van der Waals surface area contributed by atoms with E-state index < -0.39 is 0 Å². The van der Waals surface area contributed by atoms with Gasteiger partial charge in [-0.05, 0) is 18.2 Å². The second-order valence-corrected chi connectivity index (χ2v) is 5.57. The Morgan fingerprint density at radius 2 is 1.85 bits per heavy atom. The van der Waals surface area contributed by atoms with Crippen molar-refractivity contribution >= 4 is 33.3 Å². The molecule has 2 aromatic rings. The van der Waals surface area contributed by atoms with Gasteiger partial charge in [-0.2, -0.15) is 0 Å². The Balaban J connectivity index is 2.34. The molecule has 20 heavy (non-hydrogen) atoms. The van der Waals surface area contributed by atoms with Gasteiger partial charge in [-0.1, -0.05) is 29.8 Å². The highest BCUT2D eigenvalue weighted by atomic mass is 79.9. The molecule has 0 aliphatic heterocycles. The highest BCUT2D eigenvalue weighted by molar-refractivity contribution is 9.10. The van der Waals surface area contributed by atoms with Crippen LogP contribution in [0.2, 0.25) is 0 Å². The first kappa shape index (κ1) is 14.7. The molecular weight excluding hydrogens is 323 g/mol. The fourth-order valence-corrected chi connectivity index (χ4v) is 1.98. The van der Waals surface area contributed by atoms with Gasteiger partial charge in [0, 0.05) is 23.5 Å². The lowest BCUT2D eigenvalue weighted by molar-refractivity contribution is 0.631. The molecule has 0 radical (unpaired) electrons. The number of benzene rings is 1. The van der Waals surface area contributed by atoms with E-state index >= 15 is 0 Å². The summed E-state index contributed by atoms with van der Waals surface area (Å²) in [5, 5.41) is 5.96. The van der Waals surface area contributed by atoms with Crippen molar-refractivity contribution in [3.8, 4) is 0 Å². The van der Waals surface area contributed by atoms with Gasteiger partial charge in [0.05, 0.1) is 5.69 Å². The third kappa shape index (κ3) is 3.45. The summed E-state index contributed by atoms with van der Waals surface area (Å²) in [5.41, 5.74) is 0.378. The molecule has 2 rings (SSSR count). The largest absolute Gasteiger partial charge is 0.373 e. The van der Waals surface area contributed by atoms with E-state index in [0.29, 0.717) is 27.6 Å². The number of nitrogens with one attached hydrogen (secondary N) is 2. The highest BCUT2D eigenvalue weighted by Gasteiger charge is 2.09. The quantitative estimate of drug-likeness (QED) is 0.873. The van der Waals surface area contributed by atoms with E-state index in [-0.39, 0.29) is 11.7 Å². The first-order chi connectivity index (χ1) is 9.49. The molecule has 0 atom stereocenters. The lowest BCUT2D eigenvalue weighted by Gasteiger charge is -2.12. The summed E-state index contributed by atoms with van der Waals surface area (Å²) in [6.45, 7) is 4.03. The van der Waals surface area contributed by atoms with Gasteiger partial charge in [0.2, 0.25) is 0 Å². The van der Waals surface area contributed by atoms with Crippen molar-refractivity contribution in [1.29, 1.82) is 0 Å². The van der Waals surface area contributed by atoms with E-state index in [1.54, 1.807) is 25.2 Å².